The maximum atomic E-state index is 10.6. The highest BCUT2D eigenvalue weighted by molar-refractivity contribution is 5.72. The number of aryl methyl sites for hydroxylation is 2. The molecule has 0 spiro atoms. The predicted octanol–water partition coefficient (Wildman–Crippen LogP) is 1.38. The van der Waals surface area contributed by atoms with Crippen LogP contribution in [0.4, 0.5) is 0 Å². The first-order valence-corrected chi connectivity index (χ1v) is 4.76. The summed E-state index contributed by atoms with van der Waals surface area (Å²) in [6, 6.07) is 2.11. The van der Waals surface area contributed by atoms with Gasteiger partial charge in [0.2, 0.25) is 5.91 Å². The zero-order valence-corrected chi connectivity index (χ0v) is 8.92. The van der Waals surface area contributed by atoms with Crippen molar-refractivity contribution in [2.45, 2.75) is 27.2 Å². The minimum atomic E-state index is 0.00904. The molecule has 0 unspecified atom stereocenters. The molecule has 0 fully saturated rings. The Morgan fingerprint density at radius 3 is 2.79 bits per heavy atom. The maximum absolute atomic E-state index is 10.6. The minimum absolute atomic E-state index is 0.00904. The molecular formula is C11H16N2O. The minimum Gasteiger partial charge on any atom is -0.356 e. The van der Waals surface area contributed by atoms with Gasteiger partial charge in [-0.2, -0.15) is 0 Å². The zero-order chi connectivity index (χ0) is 10.6. The van der Waals surface area contributed by atoms with E-state index in [9.17, 15) is 4.79 Å². The second-order valence-electron chi connectivity index (χ2n) is 3.51. The summed E-state index contributed by atoms with van der Waals surface area (Å²) in [7, 11) is 0. The van der Waals surface area contributed by atoms with E-state index in [1.807, 2.05) is 20.0 Å². The van der Waals surface area contributed by atoms with E-state index in [-0.39, 0.29) is 5.91 Å². The molecule has 0 bridgehead atoms. The third-order valence-electron chi connectivity index (χ3n) is 2.06. The van der Waals surface area contributed by atoms with Crippen molar-refractivity contribution in [3.05, 3.63) is 29.1 Å². The van der Waals surface area contributed by atoms with Crippen LogP contribution in [0.25, 0.3) is 0 Å². The molecule has 1 aromatic heterocycles. The number of carbonyl (C=O) groups excluding carboxylic acids is 1. The summed E-state index contributed by atoms with van der Waals surface area (Å²) in [5.74, 6) is 0.00904. The van der Waals surface area contributed by atoms with Crippen molar-refractivity contribution >= 4 is 5.91 Å². The smallest absolute Gasteiger partial charge is 0.216 e. The van der Waals surface area contributed by atoms with Gasteiger partial charge in [-0.05, 0) is 25.0 Å². The van der Waals surface area contributed by atoms with Crippen LogP contribution in [0.1, 0.15) is 23.7 Å². The van der Waals surface area contributed by atoms with Gasteiger partial charge in [0.1, 0.15) is 0 Å². The molecule has 14 heavy (non-hydrogen) atoms. The number of hydrogen-bond acceptors (Lipinski definition) is 2. The van der Waals surface area contributed by atoms with Crippen molar-refractivity contribution in [1.82, 2.24) is 10.3 Å². The van der Waals surface area contributed by atoms with Gasteiger partial charge in [-0.3, -0.25) is 9.78 Å². The summed E-state index contributed by atoms with van der Waals surface area (Å²) in [6.07, 6.45) is 2.65. The van der Waals surface area contributed by atoms with E-state index in [0.29, 0.717) is 6.54 Å². The number of nitrogens with one attached hydrogen (secondary N) is 1. The molecule has 0 atom stereocenters. The third kappa shape index (κ3) is 3.17. The van der Waals surface area contributed by atoms with E-state index in [0.717, 1.165) is 12.1 Å². The number of aromatic nitrogens is 1. The molecule has 0 saturated heterocycles. The molecule has 0 aliphatic carbocycles. The Kier molecular flexibility index (Phi) is 3.63. The van der Waals surface area contributed by atoms with E-state index < -0.39 is 0 Å². The van der Waals surface area contributed by atoms with Crippen molar-refractivity contribution in [3.8, 4) is 0 Å². The Bertz CT molecular complexity index is 334. The van der Waals surface area contributed by atoms with Crippen molar-refractivity contribution in [1.29, 1.82) is 0 Å². The lowest BCUT2D eigenvalue weighted by Crippen LogP contribution is -2.22. The Hall–Kier alpha value is -1.38. The van der Waals surface area contributed by atoms with Crippen molar-refractivity contribution in [2.24, 2.45) is 0 Å². The highest BCUT2D eigenvalue weighted by Crippen LogP contribution is 2.06. The highest BCUT2D eigenvalue weighted by Gasteiger charge is 2.00. The van der Waals surface area contributed by atoms with Gasteiger partial charge in [0.15, 0.2) is 0 Å². The fourth-order valence-corrected chi connectivity index (χ4v) is 1.36. The molecule has 76 valence electrons. The number of carbonyl (C=O) groups is 1. The van der Waals surface area contributed by atoms with Gasteiger partial charge in [-0.1, -0.05) is 6.07 Å². The lowest BCUT2D eigenvalue weighted by Gasteiger charge is -2.05. The van der Waals surface area contributed by atoms with Crippen LogP contribution in [0, 0.1) is 13.8 Å². The van der Waals surface area contributed by atoms with Crippen LogP contribution >= 0.6 is 0 Å². The number of pyridine rings is 1. The first kappa shape index (κ1) is 10.7. The van der Waals surface area contributed by atoms with Crippen molar-refractivity contribution in [2.75, 3.05) is 6.54 Å². The van der Waals surface area contributed by atoms with Crippen LogP contribution in [0.2, 0.25) is 0 Å². The molecule has 3 heteroatoms. The second-order valence-corrected chi connectivity index (χ2v) is 3.51. The van der Waals surface area contributed by atoms with Gasteiger partial charge in [0.05, 0.1) is 0 Å². The quantitative estimate of drug-likeness (QED) is 0.786. The van der Waals surface area contributed by atoms with E-state index in [2.05, 4.69) is 16.4 Å². The SMILES string of the molecule is CC(=O)NCCc1ncc(C)cc1C. The average molecular weight is 192 g/mol. The van der Waals surface area contributed by atoms with Crippen LogP contribution in [0.5, 0.6) is 0 Å². The number of hydrogen-bond donors (Lipinski definition) is 1. The fraction of sp³-hybridized carbons (Fsp3) is 0.455. The van der Waals surface area contributed by atoms with Gasteiger partial charge < -0.3 is 5.32 Å². The number of rotatable bonds is 3. The first-order chi connectivity index (χ1) is 6.59. The topological polar surface area (TPSA) is 42.0 Å². The van der Waals surface area contributed by atoms with Crippen LogP contribution in [0.3, 0.4) is 0 Å². The maximum Gasteiger partial charge on any atom is 0.216 e. The molecule has 0 radical (unpaired) electrons. The van der Waals surface area contributed by atoms with Gasteiger partial charge in [-0.15, -0.1) is 0 Å². The van der Waals surface area contributed by atoms with Gasteiger partial charge in [0.25, 0.3) is 0 Å². The average Bonchev–Trinajstić information content (AvgIpc) is 2.08. The Morgan fingerprint density at radius 1 is 1.50 bits per heavy atom. The molecule has 3 nitrogen and oxygen atoms in total. The standard InChI is InChI=1S/C11H16N2O/c1-8-6-9(2)11(13-7-8)4-5-12-10(3)14/h6-7H,4-5H2,1-3H3,(H,12,14). The summed E-state index contributed by atoms with van der Waals surface area (Å²) in [5.41, 5.74) is 3.42. The van der Waals surface area contributed by atoms with E-state index in [4.69, 9.17) is 0 Å². The van der Waals surface area contributed by atoms with Gasteiger partial charge in [-0.25, -0.2) is 0 Å². The molecular weight excluding hydrogens is 176 g/mol. The Morgan fingerprint density at radius 2 is 2.21 bits per heavy atom. The summed E-state index contributed by atoms with van der Waals surface area (Å²) >= 11 is 0. The number of amides is 1. The molecule has 1 N–H and O–H groups in total. The van der Waals surface area contributed by atoms with Crippen LogP contribution in [-0.2, 0) is 11.2 Å². The summed E-state index contributed by atoms with van der Waals surface area (Å²) in [4.78, 5) is 15.0. The van der Waals surface area contributed by atoms with Gasteiger partial charge in [0, 0.05) is 31.8 Å². The molecule has 1 heterocycles. The Labute approximate surface area is 84.6 Å². The lowest BCUT2D eigenvalue weighted by atomic mass is 10.1. The van der Waals surface area contributed by atoms with E-state index in [1.54, 1.807) is 0 Å². The highest BCUT2D eigenvalue weighted by atomic mass is 16.1. The van der Waals surface area contributed by atoms with E-state index in [1.165, 1.54) is 18.1 Å². The van der Waals surface area contributed by atoms with Crippen LogP contribution < -0.4 is 5.32 Å². The summed E-state index contributed by atoms with van der Waals surface area (Å²) in [6.45, 7) is 6.25. The molecule has 0 aromatic carbocycles. The first-order valence-electron chi connectivity index (χ1n) is 4.76. The second kappa shape index (κ2) is 4.74. The Balaban J connectivity index is 2.55. The molecule has 0 aliphatic rings. The molecule has 0 saturated carbocycles. The molecule has 1 aromatic rings. The van der Waals surface area contributed by atoms with Crippen LogP contribution in [-0.4, -0.2) is 17.4 Å². The monoisotopic (exact) mass is 192 g/mol. The molecule has 1 amide bonds. The largest absolute Gasteiger partial charge is 0.356 e. The zero-order valence-electron chi connectivity index (χ0n) is 8.92. The third-order valence-corrected chi connectivity index (χ3v) is 2.06. The summed E-state index contributed by atoms with van der Waals surface area (Å²) in [5, 5.41) is 2.76. The molecule has 1 rings (SSSR count). The lowest BCUT2D eigenvalue weighted by molar-refractivity contribution is -0.118. The van der Waals surface area contributed by atoms with Crippen molar-refractivity contribution < 1.29 is 4.79 Å². The van der Waals surface area contributed by atoms with E-state index >= 15 is 0 Å². The fourth-order valence-electron chi connectivity index (χ4n) is 1.36. The van der Waals surface area contributed by atoms with Crippen molar-refractivity contribution in [3.63, 3.8) is 0 Å². The summed E-state index contributed by atoms with van der Waals surface area (Å²) < 4.78 is 0. The normalized spacial score (nSPS) is 9.93. The van der Waals surface area contributed by atoms with Gasteiger partial charge >= 0.3 is 0 Å². The predicted molar refractivity (Wildman–Crippen MR) is 56.1 cm³/mol. The van der Waals surface area contributed by atoms with Crippen LogP contribution in [0.15, 0.2) is 12.3 Å². The molecule has 0 aliphatic heterocycles. The number of nitrogens with zero attached hydrogens (tertiary/aromatic N) is 1.